The Morgan fingerprint density at radius 3 is 2.11 bits per heavy atom. The van der Waals surface area contributed by atoms with Gasteiger partial charge in [-0.25, -0.2) is 0 Å². The summed E-state index contributed by atoms with van der Waals surface area (Å²) in [6.45, 7) is 4.95. The van der Waals surface area contributed by atoms with Crippen molar-refractivity contribution in [1.82, 2.24) is 10.2 Å². The van der Waals surface area contributed by atoms with Crippen molar-refractivity contribution in [1.29, 1.82) is 0 Å². The predicted octanol–water partition coefficient (Wildman–Crippen LogP) is 5.30. The van der Waals surface area contributed by atoms with Crippen molar-refractivity contribution >= 4 is 23.4 Å². The van der Waals surface area contributed by atoms with Crippen molar-refractivity contribution < 1.29 is 14.3 Å². The molecular formula is C29H33ClN2O3. The number of halogens is 1. The Balaban J connectivity index is 1.93. The minimum Gasteiger partial charge on any atom is -0.497 e. The maximum Gasteiger partial charge on any atom is 0.243 e. The SMILES string of the molecule is COc1ccc(CC(=O)N(Cc2ccc(Cl)cc2)C(Cc2ccccc2)C(=O)NCC(C)C)cc1. The molecule has 3 aromatic carbocycles. The number of nitrogens with one attached hydrogen (secondary N) is 1. The first kappa shape index (κ1) is 26.3. The molecule has 1 N–H and O–H groups in total. The number of carbonyl (C=O) groups excluding carboxylic acids is 2. The van der Waals surface area contributed by atoms with Gasteiger partial charge in [0.25, 0.3) is 0 Å². The van der Waals surface area contributed by atoms with Gasteiger partial charge in [-0.05, 0) is 46.9 Å². The summed E-state index contributed by atoms with van der Waals surface area (Å²) < 4.78 is 5.23. The van der Waals surface area contributed by atoms with Crippen molar-refractivity contribution in [3.05, 3.63) is 101 Å². The molecule has 0 aliphatic heterocycles. The smallest absolute Gasteiger partial charge is 0.243 e. The fourth-order valence-electron chi connectivity index (χ4n) is 3.78. The maximum atomic E-state index is 13.7. The topological polar surface area (TPSA) is 58.6 Å². The molecule has 1 atom stereocenters. The van der Waals surface area contributed by atoms with Gasteiger partial charge in [0.05, 0.1) is 13.5 Å². The third-order valence-corrected chi connectivity index (χ3v) is 5.99. The molecule has 35 heavy (non-hydrogen) atoms. The number of hydrogen-bond donors (Lipinski definition) is 1. The first-order chi connectivity index (χ1) is 16.9. The van der Waals surface area contributed by atoms with Crippen molar-refractivity contribution in [2.24, 2.45) is 5.92 Å². The van der Waals surface area contributed by atoms with Crippen LogP contribution in [0.3, 0.4) is 0 Å². The highest BCUT2D eigenvalue weighted by atomic mass is 35.5. The summed E-state index contributed by atoms with van der Waals surface area (Å²) in [5.74, 6) is 0.760. The lowest BCUT2D eigenvalue weighted by atomic mass is 10.0. The Morgan fingerprint density at radius 1 is 0.886 bits per heavy atom. The zero-order valence-corrected chi connectivity index (χ0v) is 21.3. The number of benzene rings is 3. The summed E-state index contributed by atoms with van der Waals surface area (Å²) in [6, 6.07) is 24.0. The predicted molar refractivity (Wildman–Crippen MR) is 140 cm³/mol. The van der Waals surface area contributed by atoms with Gasteiger partial charge >= 0.3 is 0 Å². The van der Waals surface area contributed by atoms with E-state index in [4.69, 9.17) is 16.3 Å². The highest BCUT2D eigenvalue weighted by molar-refractivity contribution is 6.30. The highest BCUT2D eigenvalue weighted by Gasteiger charge is 2.30. The lowest BCUT2D eigenvalue weighted by molar-refractivity contribution is -0.140. The Labute approximate surface area is 213 Å². The Hall–Kier alpha value is -3.31. The van der Waals surface area contributed by atoms with Gasteiger partial charge in [-0.15, -0.1) is 0 Å². The van der Waals surface area contributed by atoms with Crippen LogP contribution in [-0.4, -0.2) is 36.4 Å². The van der Waals surface area contributed by atoms with Gasteiger partial charge in [-0.1, -0.05) is 80.0 Å². The normalized spacial score (nSPS) is 11.7. The third kappa shape index (κ3) is 8.15. The Kier molecular flexibility index (Phi) is 9.74. The van der Waals surface area contributed by atoms with E-state index in [0.717, 1.165) is 22.4 Å². The van der Waals surface area contributed by atoms with Crippen LogP contribution >= 0.6 is 11.6 Å². The van der Waals surface area contributed by atoms with Gasteiger partial charge in [0, 0.05) is 24.5 Å². The summed E-state index contributed by atoms with van der Waals surface area (Å²) in [4.78, 5) is 28.8. The second kappa shape index (κ2) is 13.0. The number of methoxy groups -OCH3 is 1. The summed E-state index contributed by atoms with van der Waals surface area (Å²) in [6.07, 6.45) is 0.604. The first-order valence-electron chi connectivity index (χ1n) is 11.8. The van der Waals surface area contributed by atoms with Crippen LogP contribution < -0.4 is 10.1 Å². The van der Waals surface area contributed by atoms with E-state index in [1.54, 1.807) is 24.1 Å². The Bertz CT molecular complexity index is 1080. The lowest BCUT2D eigenvalue weighted by Gasteiger charge is -2.32. The molecule has 0 aromatic heterocycles. The van der Waals surface area contributed by atoms with E-state index in [-0.39, 0.29) is 18.2 Å². The van der Waals surface area contributed by atoms with E-state index in [1.165, 1.54) is 0 Å². The van der Waals surface area contributed by atoms with E-state index in [2.05, 4.69) is 5.32 Å². The van der Waals surface area contributed by atoms with Crippen molar-refractivity contribution in [3.63, 3.8) is 0 Å². The molecule has 0 saturated heterocycles. The van der Waals surface area contributed by atoms with Gasteiger partial charge < -0.3 is 15.0 Å². The molecule has 1 unspecified atom stereocenters. The van der Waals surface area contributed by atoms with Crippen LogP contribution in [0.5, 0.6) is 5.75 Å². The largest absolute Gasteiger partial charge is 0.497 e. The van der Waals surface area contributed by atoms with E-state index >= 15 is 0 Å². The Morgan fingerprint density at radius 2 is 1.51 bits per heavy atom. The van der Waals surface area contributed by atoms with Gasteiger partial charge in [-0.3, -0.25) is 9.59 Å². The van der Waals surface area contributed by atoms with Gasteiger partial charge in [0.15, 0.2) is 0 Å². The number of rotatable bonds is 11. The molecule has 2 amide bonds. The summed E-state index contributed by atoms with van der Waals surface area (Å²) in [7, 11) is 1.61. The molecule has 0 spiro atoms. The standard InChI is InChI=1S/C29H33ClN2O3/c1-21(2)19-31-29(34)27(17-22-7-5-4-6-8-22)32(20-24-9-13-25(30)14-10-24)28(33)18-23-11-15-26(35-3)16-12-23/h4-16,21,27H,17-20H2,1-3H3,(H,31,34). The number of ether oxygens (including phenoxy) is 1. The molecule has 0 aliphatic carbocycles. The highest BCUT2D eigenvalue weighted by Crippen LogP contribution is 2.19. The fourth-order valence-corrected chi connectivity index (χ4v) is 3.91. The second-order valence-electron chi connectivity index (χ2n) is 9.02. The zero-order chi connectivity index (χ0) is 25.2. The lowest BCUT2D eigenvalue weighted by Crippen LogP contribution is -2.51. The van der Waals surface area contributed by atoms with Crippen molar-refractivity contribution in [2.75, 3.05) is 13.7 Å². The van der Waals surface area contributed by atoms with E-state index in [1.807, 2.05) is 80.6 Å². The average molecular weight is 493 g/mol. The molecule has 0 saturated carbocycles. The second-order valence-corrected chi connectivity index (χ2v) is 9.45. The molecule has 0 fully saturated rings. The molecule has 0 radical (unpaired) electrons. The molecule has 184 valence electrons. The van der Waals surface area contributed by atoms with Gasteiger partial charge in [-0.2, -0.15) is 0 Å². The molecule has 5 nitrogen and oxygen atoms in total. The van der Waals surface area contributed by atoms with Crippen LogP contribution in [0.1, 0.15) is 30.5 Å². The van der Waals surface area contributed by atoms with Crippen molar-refractivity contribution in [2.45, 2.75) is 39.3 Å². The molecule has 3 rings (SSSR count). The van der Waals surface area contributed by atoms with Crippen LogP contribution in [0.15, 0.2) is 78.9 Å². The number of hydrogen-bond acceptors (Lipinski definition) is 3. The molecule has 0 bridgehead atoms. The fraction of sp³-hybridized carbons (Fsp3) is 0.310. The van der Waals surface area contributed by atoms with Crippen LogP contribution in [0, 0.1) is 5.92 Å². The van der Waals surface area contributed by atoms with Crippen LogP contribution in [0.25, 0.3) is 0 Å². The average Bonchev–Trinajstić information content (AvgIpc) is 2.86. The molecule has 3 aromatic rings. The minimum atomic E-state index is -0.655. The number of carbonyl (C=O) groups is 2. The number of amides is 2. The maximum absolute atomic E-state index is 13.7. The molecule has 0 heterocycles. The third-order valence-electron chi connectivity index (χ3n) is 5.74. The summed E-state index contributed by atoms with van der Waals surface area (Å²) in [5.41, 5.74) is 2.76. The monoisotopic (exact) mass is 492 g/mol. The van der Waals surface area contributed by atoms with Gasteiger partial charge in [0.1, 0.15) is 11.8 Å². The number of nitrogens with zero attached hydrogens (tertiary/aromatic N) is 1. The minimum absolute atomic E-state index is 0.120. The zero-order valence-electron chi connectivity index (χ0n) is 20.5. The van der Waals surface area contributed by atoms with E-state index in [0.29, 0.717) is 30.5 Å². The molecule has 0 aliphatic rings. The first-order valence-corrected chi connectivity index (χ1v) is 12.2. The summed E-state index contributed by atoms with van der Waals surface area (Å²) in [5, 5.41) is 3.67. The van der Waals surface area contributed by atoms with Crippen LogP contribution in [0.2, 0.25) is 5.02 Å². The van der Waals surface area contributed by atoms with Crippen LogP contribution in [-0.2, 0) is 29.0 Å². The van der Waals surface area contributed by atoms with E-state index in [9.17, 15) is 9.59 Å². The van der Waals surface area contributed by atoms with Gasteiger partial charge in [0.2, 0.25) is 11.8 Å². The quantitative estimate of drug-likeness (QED) is 0.395. The van der Waals surface area contributed by atoms with E-state index < -0.39 is 6.04 Å². The van der Waals surface area contributed by atoms with Crippen LogP contribution in [0.4, 0.5) is 0 Å². The summed E-state index contributed by atoms with van der Waals surface area (Å²) >= 11 is 6.08. The van der Waals surface area contributed by atoms with Crippen molar-refractivity contribution in [3.8, 4) is 5.75 Å². The molecule has 6 heteroatoms. The molecular weight excluding hydrogens is 460 g/mol.